The van der Waals surface area contributed by atoms with E-state index < -0.39 is 0 Å². The minimum Gasteiger partial charge on any atom is -0.312 e. The van der Waals surface area contributed by atoms with E-state index in [2.05, 4.69) is 37.6 Å². The molecule has 0 bridgehead atoms. The number of aromatic nitrogens is 2. The highest BCUT2D eigenvalue weighted by Gasteiger charge is 2.20. The number of hydrogen-bond acceptors (Lipinski definition) is 2. The van der Waals surface area contributed by atoms with E-state index in [9.17, 15) is 0 Å². The summed E-state index contributed by atoms with van der Waals surface area (Å²) in [6, 6.07) is 8.21. The third kappa shape index (κ3) is 1.91. The maximum atomic E-state index is 6.17. The number of nitrogens with zero attached hydrogens (tertiary/aromatic N) is 2. The summed E-state index contributed by atoms with van der Waals surface area (Å²) >= 11 is 3.44. The van der Waals surface area contributed by atoms with Crippen LogP contribution >= 0.6 is 15.9 Å². The highest BCUT2D eigenvalue weighted by atomic mass is 79.9. The van der Waals surface area contributed by atoms with E-state index in [0.717, 1.165) is 35.1 Å². The summed E-state index contributed by atoms with van der Waals surface area (Å²) in [4.78, 5) is 4.52. The number of benzene rings is 1. The van der Waals surface area contributed by atoms with Gasteiger partial charge in [0.05, 0.1) is 6.17 Å². The molecule has 4 heteroatoms. The second-order valence-electron chi connectivity index (χ2n) is 4.41. The lowest BCUT2D eigenvalue weighted by Crippen LogP contribution is -2.25. The van der Waals surface area contributed by atoms with Crippen LogP contribution in [0.25, 0.3) is 11.4 Å². The molecule has 2 aromatic rings. The quantitative estimate of drug-likeness (QED) is 0.877. The molecule has 2 N–H and O–H groups in total. The first-order chi connectivity index (χ1) is 8.25. The second kappa shape index (κ2) is 4.27. The first-order valence-corrected chi connectivity index (χ1v) is 6.62. The average molecular weight is 292 g/mol. The van der Waals surface area contributed by atoms with E-state index in [-0.39, 0.29) is 6.17 Å². The smallest absolute Gasteiger partial charge is 0.141 e. The van der Waals surface area contributed by atoms with Crippen LogP contribution in [0.2, 0.25) is 0 Å². The van der Waals surface area contributed by atoms with Crippen molar-refractivity contribution in [3.8, 4) is 11.4 Å². The molecule has 0 radical (unpaired) electrons. The molecule has 0 saturated carbocycles. The molecule has 1 unspecified atom stereocenters. The lowest BCUT2D eigenvalue weighted by molar-refractivity contribution is 0.418. The van der Waals surface area contributed by atoms with Crippen LogP contribution in [0.5, 0.6) is 0 Å². The van der Waals surface area contributed by atoms with E-state index in [1.54, 1.807) is 0 Å². The van der Waals surface area contributed by atoms with Gasteiger partial charge in [0.15, 0.2) is 0 Å². The van der Waals surface area contributed by atoms with Gasteiger partial charge in [-0.1, -0.05) is 28.1 Å². The van der Waals surface area contributed by atoms with Gasteiger partial charge < -0.3 is 10.3 Å². The monoisotopic (exact) mass is 291 g/mol. The van der Waals surface area contributed by atoms with Gasteiger partial charge in [0.25, 0.3) is 0 Å². The molecule has 3 nitrogen and oxygen atoms in total. The number of aryl methyl sites for hydroxylation is 1. The Morgan fingerprint density at radius 2 is 2.06 bits per heavy atom. The Balaban J connectivity index is 2.09. The summed E-state index contributed by atoms with van der Waals surface area (Å²) in [5.41, 5.74) is 8.55. The fourth-order valence-corrected chi connectivity index (χ4v) is 2.65. The molecule has 0 aliphatic carbocycles. The van der Waals surface area contributed by atoms with Crippen molar-refractivity contribution in [1.82, 2.24) is 9.55 Å². The first-order valence-electron chi connectivity index (χ1n) is 5.83. The summed E-state index contributed by atoms with van der Waals surface area (Å²) in [6.07, 6.45) is 5.30. The van der Waals surface area contributed by atoms with Gasteiger partial charge in [-0.3, -0.25) is 0 Å². The van der Waals surface area contributed by atoms with Crippen LogP contribution in [0, 0.1) is 0 Å². The van der Waals surface area contributed by atoms with Crippen molar-refractivity contribution < 1.29 is 0 Å². The van der Waals surface area contributed by atoms with Crippen LogP contribution < -0.4 is 5.73 Å². The van der Waals surface area contributed by atoms with E-state index in [1.807, 2.05) is 18.3 Å². The molecule has 17 heavy (non-hydrogen) atoms. The molecule has 3 rings (SSSR count). The third-order valence-corrected chi connectivity index (χ3v) is 3.77. The molecule has 2 heterocycles. The number of hydrogen-bond donors (Lipinski definition) is 1. The molecule has 0 amide bonds. The van der Waals surface area contributed by atoms with Gasteiger partial charge in [-0.2, -0.15) is 0 Å². The number of fused-ring (bicyclic) bond motifs is 1. The van der Waals surface area contributed by atoms with Crippen LogP contribution in [0.1, 0.15) is 24.7 Å². The Morgan fingerprint density at radius 1 is 1.29 bits per heavy atom. The average Bonchev–Trinajstić information content (AvgIpc) is 2.75. The van der Waals surface area contributed by atoms with Crippen molar-refractivity contribution >= 4 is 15.9 Å². The van der Waals surface area contributed by atoms with Gasteiger partial charge in [-0.05, 0) is 31.4 Å². The molecule has 1 aliphatic heterocycles. The largest absolute Gasteiger partial charge is 0.312 e. The zero-order chi connectivity index (χ0) is 11.8. The second-order valence-corrected chi connectivity index (χ2v) is 5.33. The fourth-order valence-electron chi connectivity index (χ4n) is 2.39. The van der Waals surface area contributed by atoms with E-state index >= 15 is 0 Å². The topological polar surface area (TPSA) is 43.8 Å². The standard InChI is InChI=1S/C13H14BrN3/c14-10-6-4-9(5-7-10)13-16-8-11-2-1-3-12(15)17(11)13/h4-8,12H,1-3,15H2. The lowest BCUT2D eigenvalue weighted by Gasteiger charge is -2.23. The molecular formula is C13H14BrN3. The predicted molar refractivity (Wildman–Crippen MR) is 71.5 cm³/mol. The summed E-state index contributed by atoms with van der Waals surface area (Å²) in [6.45, 7) is 0. The number of nitrogens with two attached hydrogens (primary N) is 1. The van der Waals surface area contributed by atoms with Crippen LogP contribution in [0.15, 0.2) is 34.9 Å². The molecule has 0 saturated heterocycles. The Labute approximate surface area is 109 Å². The first kappa shape index (κ1) is 11.0. The Kier molecular flexibility index (Phi) is 2.76. The van der Waals surface area contributed by atoms with Crippen molar-refractivity contribution in [3.05, 3.63) is 40.6 Å². The lowest BCUT2D eigenvalue weighted by atomic mass is 10.1. The molecule has 1 atom stereocenters. The maximum Gasteiger partial charge on any atom is 0.141 e. The Hall–Kier alpha value is -1.13. The molecule has 1 aromatic heterocycles. The predicted octanol–water partition coefficient (Wildman–Crippen LogP) is 3.11. The molecule has 0 spiro atoms. The van der Waals surface area contributed by atoms with Crippen LogP contribution in [-0.4, -0.2) is 9.55 Å². The third-order valence-electron chi connectivity index (χ3n) is 3.24. The SMILES string of the molecule is NC1CCCc2cnc(-c3ccc(Br)cc3)n21. The minimum absolute atomic E-state index is 0.0693. The number of imidazole rings is 1. The minimum atomic E-state index is 0.0693. The van der Waals surface area contributed by atoms with Crippen molar-refractivity contribution in [3.63, 3.8) is 0 Å². The molecule has 1 aliphatic rings. The number of halogens is 1. The van der Waals surface area contributed by atoms with Crippen molar-refractivity contribution in [1.29, 1.82) is 0 Å². The molecule has 88 valence electrons. The molecule has 1 aromatic carbocycles. The van der Waals surface area contributed by atoms with Gasteiger partial charge in [0, 0.05) is 21.9 Å². The van der Waals surface area contributed by atoms with Crippen molar-refractivity contribution in [2.45, 2.75) is 25.4 Å². The zero-order valence-corrected chi connectivity index (χ0v) is 11.0. The normalized spacial score (nSPS) is 19.1. The van der Waals surface area contributed by atoms with Crippen molar-refractivity contribution in [2.75, 3.05) is 0 Å². The maximum absolute atomic E-state index is 6.17. The summed E-state index contributed by atoms with van der Waals surface area (Å²) in [5, 5.41) is 0. The van der Waals surface area contributed by atoms with Gasteiger partial charge in [0.2, 0.25) is 0 Å². The van der Waals surface area contributed by atoms with Gasteiger partial charge in [-0.15, -0.1) is 0 Å². The van der Waals surface area contributed by atoms with Gasteiger partial charge >= 0.3 is 0 Å². The van der Waals surface area contributed by atoms with Gasteiger partial charge in [-0.25, -0.2) is 4.98 Å². The van der Waals surface area contributed by atoms with Crippen molar-refractivity contribution in [2.24, 2.45) is 5.73 Å². The molecular weight excluding hydrogens is 278 g/mol. The Bertz CT molecular complexity index is 530. The highest BCUT2D eigenvalue weighted by Crippen LogP contribution is 2.29. The van der Waals surface area contributed by atoms with Crippen LogP contribution in [0.4, 0.5) is 0 Å². The molecule has 0 fully saturated rings. The van der Waals surface area contributed by atoms with Crippen LogP contribution in [0.3, 0.4) is 0 Å². The van der Waals surface area contributed by atoms with E-state index in [4.69, 9.17) is 5.73 Å². The number of rotatable bonds is 1. The fraction of sp³-hybridized carbons (Fsp3) is 0.308. The summed E-state index contributed by atoms with van der Waals surface area (Å²) in [7, 11) is 0. The highest BCUT2D eigenvalue weighted by molar-refractivity contribution is 9.10. The van der Waals surface area contributed by atoms with E-state index in [0.29, 0.717) is 0 Å². The summed E-state index contributed by atoms with van der Waals surface area (Å²) < 4.78 is 3.25. The Morgan fingerprint density at radius 3 is 2.82 bits per heavy atom. The summed E-state index contributed by atoms with van der Waals surface area (Å²) in [5.74, 6) is 0.986. The zero-order valence-electron chi connectivity index (χ0n) is 9.44. The van der Waals surface area contributed by atoms with Gasteiger partial charge in [0.1, 0.15) is 5.82 Å². The van der Waals surface area contributed by atoms with Crippen LogP contribution in [-0.2, 0) is 6.42 Å². The van der Waals surface area contributed by atoms with E-state index in [1.165, 1.54) is 5.69 Å².